The molecule has 0 spiro atoms. The van der Waals surface area contributed by atoms with Crippen LogP contribution in [0.5, 0.6) is 0 Å². The summed E-state index contributed by atoms with van der Waals surface area (Å²) >= 11 is 0. The summed E-state index contributed by atoms with van der Waals surface area (Å²) in [7, 11) is 0. The summed E-state index contributed by atoms with van der Waals surface area (Å²) in [5.74, 6) is -0.125. The molecule has 0 aliphatic heterocycles. The standard InChI is InChI=1S/2C18H16N2.C5H8O2.Ir/c2*1-13-8-6-7-11-16(13)18-14(2)17(19-12-20-18)15-9-4-3-5-10-15;1-4(6)3-5(2)7;/h2*3-12H,1-2H3;3H2,1-2H3;/q;;;+3. The zero-order chi connectivity index (χ0) is 33.8. The van der Waals surface area contributed by atoms with Crippen LogP contribution < -0.4 is 0 Å². The Bertz CT molecular complexity index is 1820. The molecule has 0 amide bonds. The van der Waals surface area contributed by atoms with Crippen molar-refractivity contribution in [1.29, 1.82) is 0 Å². The maximum Gasteiger partial charge on any atom is 3.00 e. The van der Waals surface area contributed by atoms with E-state index in [4.69, 9.17) is 0 Å². The number of nitrogens with zero attached hydrogens (tertiary/aromatic N) is 4. The molecule has 0 unspecified atom stereocenters. The molecule has 0 saturated heterocycles. The summed E-state index contributed by atoms with van der Waals surface area (Å²) < 4.78 is 0. The third kappa shape index (κ3) is 10.0. The van der Waals surface area contributed by atoms with Crippen molar-refractivity contribution >= 4 is 11.6 Å². The van der Waals surface area contributed by atoms with Crippen molar-refractivity contribution in [2.24, 2.45) is 0 Å². The van der Waals surface area contributed by atoms with E-state index in [1.54, 1.807) is 12.7 Å². The monoisotopic (exact) mass is 813 g/mol. The van der Waals surface area contributed by atoms with E-state index in [0.717, 1.165) is 45.0 Å². The van der Waals surface area contributed by atoms with Gasteiger partial charge in [-0.15, -0.1) is 0 Å². The van der Waals surface area contributed by atoms with E-state index < -0.39 is 0 Å². The first-order valence-corrected chi connectivity index (χ1v) is 15.5. The number of aromatic nitrogens is 4. The molecule has 0 bridgehead atoms. The smallest absolute Gasteiger partial charge is 0.300 e. The van der Waals surface area contributed by atoms with Crippen molar-refractivity contribution in [3.05, 3.63) is 144 Å². The van der Waals surface area contributed by atoms with E-state index in [1.807, 2.05) is 60.7 Å². The van der Waals surface area contributed by atoms with E-state index in [2.05, 4.69) is 96.2 Å². The quantitative estimate of drug-likeness (QED) is 0.156. The molecule has 0 saturated carbocycles. The number of ketones is 2. The number of carbonyl (C=O) groups is 2. The Kier molecular flexibility index (Phi) is 14.4. The zero-order valence-electron chi connectivity index (χ0n) is 28.2. The summed E-state index contributed by atoms with van der Waals surface area (Å²) in [5, 5.41) is 0. The van der Waals surface area contributed by atoms with Gasteiger partial charge in [-0.25, -0.2) is 19.9 Å². The average molecular weight is 813 g/mol. The number of aryl methyl sites for hydroxylation is 2. The predicted octanol–water partition coefficient (Wildman–Crippen LogP) is 9.41. The van der Waals surface area contributed by atoms with Gasteiger partial charge in [0.25, 0.3) is 0 Å². The van der Waals surface area contributed by atoms with Crippen LogP contribution in [0.3, 0.4) is 0 Å². The van der Waals surface area contributed by atoms with E-state index in [9.17, 15) is 9.59 Å². The van der Waals surface area contributed by atoms with Gasteiger partial charge < -0.3 is 0 Å². The summed E-state index contributed by atoms with van der Waals surface area (Å²) in [6.45, 7) is 11.2. The van der Waals surface area contributed by atoms with Crippen LogP contribution in [0.1, 0.15) is 42.5 Å². The Hall–Kier alpha value is -4.97. The number of Topliss-reactive ketones (excluding diaryl/α,β-unsaturated/α-hetero) is 2. The molecular weight excluding hydrogens is 773 g/mol. The Morgan fingerprint density at radius 2 is 0.771 bits per heavy atom. The maximum atomic E-state index is 10.0. The van der Waals surface area contributed by atoms with Crippen molar-refractivity contribution in [2.75, 3.05) is 0 Å². The molecule has 0 N–H and O–H groups in total. The molecule has 0 atom stereocenters. The van der Waals surface area contributed by atoms with Gasteiger partial charge in [0.15, 0.2) is 0 Å². The summed E-state index contributed by atoms with van der Waals surface area (Å²) in [4.78, 5) is 37.9. The first-order valence-electron chi connectivity index (χ1n) is 15.5. The summed E-state index contributed by atoms with van der Waals surface area (Å²) in [6.07, 6.45) is 3.38. The molecule has 242 valence electrons. The van der Waals surface area contributed by atoms with Crippen molar-refractivity contribution in [1.82, 2.24) is 19.9 Å². The van der Waals surface area contributed by atoms with Gasteiger partial charge in [-0.3, -0.25) is 9.59 Å². The molecule has 7 heteroatoms. The third-order valence-electron chi connectivity index (χ3n) is 7.56. The fourth-order valence-corrected chi connectivity index (χ4v) is 5.25. The molecule has 2 aromatic heterocycles. The minimum atomic E-state index is -0.0625. The van der Waals surface area contributed by atoms with Crippen molar-refractivity contribution in [3.63, 3.8) is 0 Å². The first kappa shape index (κ1) is 37.5. The number of rotatable bonds is 6. The molecule has 6 nitrogen and oxygen atoms in total. The largest absolute Gasteiger partial charge is 3.00 e. The molecule has 6 rings (SSSR count). The minimum absolute atomic E-state index is 0. The van der Waals surface area contributed by atoms with Gasteiger partial charge in [-0.2, -0.15) is 0 Å². The van der Waals surface area contributed by atoms with Gasteiger partial charge in [-0.1, -0.05) is 109 Å². The number of hydrogen-bond donors (Lipinski definition) is 0. The molecule has 48 heavy (non-hydrogen) atoms. The van der Waals surface area contributed by atoms with Gasteiger partial charge in [0.1, 0.15) is 24.2 Å². The Morgan fingerprint density at radius 1 is 0.458 bits per heavy atom. The van der Waals surface area contributed by atoms with Crippen molar-refractivity contribution in [2.45, 2.75) is 48.0 Å². The van der Waals surface area contributed by atoms with Gasteiger partial charge in [0.05, 0.1) is 29.2 Å². The predicted molar refractivity (Wildman–Crippen MR) is 191 cm³/mol. The normalized spacial score (nSPS) is 9.96. The van der Waals surface area contributed by atoms with Gasteiger partial charge >= 0.3 is 20.1 Å². The third-order valence-corrected chi connectivity index (χ3v) is 7.56. The number of benzene rings is 4. The Labute approximate surface area is 297 Å². The van der Waals surface area contributed by atoms with Gasteiger partial charge in [0.2, 0.25) is 0 Å². The molecule has 2 heterocycles. The second-order valence-electron chi connectivity index (χ2n) is 11.3. The average Bonchev–Trinajstić information content (AvgIpc) is 3.07. The van der Waals surface area contributed by atoms with Crippen LogP contribution in [0.4, 0.5) is 0 Å². The SMILES string of the molecule is CC(=O)CC(C)=O.Cc1ccccc1-c1ncnc(-c2ccccc2)c1C.Cc1ccccc1-c1ncnc(-c2ccccc2)c1C.[Ir+3]. The van der Waals surface area contributed by atoms with Crippen LogP contribution in [-0.4, -0.2) is 31.5 Å². The fraction of sp³-hybridized carbons (Fsp3) is 0.171. The Morgan fingerprint density at radius 3 is 1.08 bits per heavy atom. The zero-order valence-corrected chi connectivity index (χ0v) is 30.6. The van der Waals surface area contributed by atoms with Crippen molar-refractivity contribution in [3.8, 4) is 45.0 Å². The first-order chi connectivity index (χ1) is 22.7. The summed E-state index contributed by atoms with van der Waals surface area (Å²) in [6, 6.07) is 37.1. The van der Waals surface area contributed by atoms with Gasteiger partial charge in [-0.05, 0) is 52.7 Å². The topological polar surface area (TPSA) is 85.7 Å². The minimum Gasteiger partial charge on any atom is -0.300 e. The molecule has 0 aliphatic carbocycles. The van der Waals surface area contributed by atoms with E-state index in [1.165, 1.54) is 36.1 Å². The van der Waals surface area contributed by atoms with E-state index in [0.29, 0.717) is 0 Å². The van der Waals surface area contributed by atoms with Crippen LogP contribution in [0.15, 0.2) is 122 Å². The molecule has 0 aliphatic rings. The molecule has 0 radical (unpaired) electrons. The maximum absolute atomic E-state index is 10.0. The van der Waals surface area contributed by atoms with Crippen LogP contribution >= 0.6 is 0 Å². The molecule has 6 aromatic rings. The van der Waals surface area contributed by atoms with Crippen LogP contribution in [0.2, 0.25) is 0 Å². The Balaban J connectivity index is 0.000000215. The van der Waals surface area contributed by atoms with Crippen LogP contribution in [-0.2, 0) is 29.7 Å². The molecular formula is C41H40IrN4O2+3. The molecule has 4 aromatic carbocycles. The second kappa shape index (κ2) is 18.4. The molecule has 0 fully saturated rings. The fourth-order valence-electron chi connectivity index (χ4n) is 5.25. The van der Waals surface area contributed by atoms with Crippen molar-refractivity contribution < 1.29 is 29.7 Å². The van der Waals surface area contributed by atoms with E-state index in [-0.39, 0.29) is 38.1 Å². The summed E-state index contributed by atoms with van der Waals surface area (Å²) in [5.41, 5.74) is 13.3. The number of carbonyl (C=O) groups excluding carboxylic acids is 2. The van der Waals surface area contributed by atoms with Gasteiger partial charge in [0, 0.05) is 33.4 Å². The van der Waals surface area contributed by atoms with Crippen LogP contribution in [0.25, 0.3) is 45.0 Å². The van der Waals surface area contributed by atoms with E-state index >= 15 is 0 Å². The van der Waals surface area contributed by atoms with Crippen LogP contribution in [0, 0.1) is 27.7 Å². The second-order valence-corrected chi connectivity index (χ2v) is 11.3. The number of hydrogen-bond acceptors (Lipinski definition) is 6.